The molecule has 2 aliphatic heterocycles. The number of carbonyl (C=O) groups excluding carboxylic acids is 2. The number of alkyl halides is 4. The number of piperidine rings is 1. The zero-order valence-electron chi connectivity index (χ0n) is 27.0. The van der Waals surface area contributed by atoms with Crippen LogP contribution in [-0.4, -0.2) is 62.7 Å². The SMILES string of the molecule is COC(=O)C1=C(C)NC(C)=C(C(=O)OCCN2CCC(c3ccccc3)(c3ccccc3)CC2)C1c1cccc(OC(F)(F)C(F)F)c1. The summed E-state index contributed by atoms with van der Waals surface area (Å²) in [6, 6.07) is 25.9. The van der Waals surface area contributed by atoms with Crippen LogP contribution < -0.4 is 10.1 Å². The molecule has 1 unspecified atom stereocenters. The quantitative estimate of drug-likeness (QED) is 0.175. The summed E-state index contributed by atoms with van der Waals surface area (Å²) in [6.45, 7) is 5.32. The molecule has 0 radical (unpaired) electrons. The lowest BCUT2D eigenvalue weighted by atomic mass is 9.68. The number of dihydropyridines is 1. The van der Waals surface area contributed by atoms with E-state index in [0.29, 0.717) is 17.9 Å². The lowest BCUT2D eigenvalue weighted by Crippen LogP contribution is -2.44. The predicted octanol–water partition coefficient (Wildman–Crippen LogP) is 6.96. The molecule has 0 spiro atoms. The second-order valence-corrected chi connectivity index (χ2v) is 12.0. The Kier molecular flexibility index (Phi) is 10.6. The van der Waals surface area contributed by atoms with Crippen molar-refractivity contribution < 1.29 is 41.4 Å². The number of nitrogens with one attached hydrogen (secondary N) is 1. The van der Waals surface area contributed by atoms with E-state index < -0.39 is 36.1 Å². The fraction of sp³-hybridized carbons (Fsp3) is 0.351. The molecule has 2 heterocycles. The Hall–Kier alpha value is -4.64. The molecule has 3 aromatic rings. The first-order chi connectivity index (χ1) is 23.0. The largest absolute Gasteiger partial charge is 0.466 e. The summed E-state index contributed by atoms with van der Waals surface area (Å²) in [5.41, 5.74) is 3.43. The van der Waals surface area contributed by atoms with Gasteiger partial charge in [-0.2, -0.15) is 17.6 Å². The molecule has 11 heteroatoms. The first-order valence-electron chi connectivity index (χ1n) is 15.7. The number of nitrogens with zero attached hydrogens (tertiary/aromatic N) is 1. The maximum Gasteiger partial charge on any atom is 0.461 e. The zero-order chi connectivity index (χ0) is 34.5. The second-order valence-electron chi connectivity index (χ2n) is 12.0. The summed E-state index contributed by atoms with van der Waals surface area (Å²) in [4.78, 5) is 28.9. The molecular formula is C37H38F4N2O5. The van der Waals surface area contributed by atoms with Crippen molar-refractivity contribution in [3.8, 4) is 5.75 Å². The van der Waals surface area contributed by atoms with E-state index in [1.807, 2.05) is 12.1 Å². The normalized spacial score (nSPS) is 18.4. The van der Waals surface area contributed by atoms with Crippen LogP contribution in [-0.2, 0) is 24.5 Å². The molecule has 0 amide bonds. The standard InChI is InChI=1S/C37H38F4N2O5/c1-24-30(33(44)46-3)32(26-11-10-16-29(23-26)48-37(40,41)35(38)39)31(25(2)42-24)34(45)47-22-21-43-19-17-36(18-20-43,27-12-6-4-7-13-27)28-14-8-5-9-15-28/h4-16,23,32,35,42H,17-22H2,1-3H3. The Bertz CT molecular complexity index is 1630. The number of hydrogen-bond acceptors (Lipinski definition) is 7. The summed E-state index contributed by atoms with van der Waals surface area (Å²) in [5.74, 6) is -3.15. The zero-order valence-corrected chi connectivity index (χ0v) is 27.0. The maximum absolute atomic E-state index is 13.7. The number of likely N-dealkylation sites (tertiary alicyclic amines) is 1. The van der Waals surface area contributed by atoms with Crippen molar-refractivity contribution in [1.29, 1.82) is 0 Å². The first kappa shape index (κ1) is 34.7. The van der Waals surface area contributed by atoms with E-state index in [-0.39, 0.29) is 28.7 Å². The van der Waals surface area contributed by atoms with Gasteiger partial charge in [-0.05, 0) is 68.6 Å². The third-order valence-corrected chi connectivity index (χ3v) is 9.09. The molecule has 7 nitrogen and oxygen atoms in total. The van der Waals surface area contributed by atoms with Crippen LogP contribution in [0.15, 0.2) is 107 Å². The summed E-state index contributed by atoms with van der Waals surface area (Å²) in [7, 11) is 1.18. The van der Waals surface area contributed by atoms with E-state index >= 15 is 0 Å². The van der Waals surface area contributed by atoms with Gasteiger partial charge >= 0.3 is 24.5 Å². The van der Waals surface area contributed by atoms with E-state index in [1.54, 1.807) is 13.8 Å². The molecule has 0 saturated carbocycles. The molecule has 254 valence electrons. The van der Waals surface area contributed by atoms with Gasteiger partial charge in [0, 0.05) is 23.4 Å². The van der Waals surface area contributed by atoms with Gasteiger partial charge in [-0.3, -0.25) is 4.90 Å². The lowest BCUT2D eigenvalue weighted by molar-refractivity contribution is -0.253. The minimum atomic E-state index is -4.74. The van der Waals surface area contributed by atoms with E-state index in [9.17, 15) is 27.2 Å². The fourth-order valence-corrected chi connectivity index (χ4v) is 6.70. The van der Waals surface area contributed by atoms with Crippen LogP contribution in [0.5, 0.6) is 5.75 Å². The van der Waals surface area contributed by atoms with Gasteiger partial charge in [-0.15, -0.1) is 0 Å². The number of methoxy groups -OCH3 is 1. The molecule has 0 bridgehead atoms. The van der Waals surface area contributed by atoms with Crippen LogP contribution >= 0.6 is 0 Å². The Labute approximate surface area is 277 Å². The number of allylic oxidation sites excluding steroid dienone is 2. The molecule has 48 heavy (non-hydrogen) atoms. The van der Waals surface area contributed by atoms with E-state index in [4.69, 9.17) is 9.47 Å². The highest BCUT2D eigenvalue weighted by Gasteiger charge is 2.44. The fourth-order valence-electron chi connectivity index (χ4n) is 6.70. The van der Waals surface area contributed by atoms with Crippen molar-refractivity contribution in [2.75, 3.05) is 33.4 Å². The van der Waals surface area contributed by atoms with Gasteiger partial charge in [0.2, 0.25) is 0 Å². The highest BCUT2D eigenvalue weighted by Crippen LogP contribution is 2.43. The second kappa shape index (κ2) is 14.6. The Balaban J connectivity index is 1.32. The van der Waals surface area contributed by atoms with Crippen LogP contribution in [0.2, 0.25) is 0 Å². The van der Waals surface area contributed by atoms with Gasteiger partial charge in [0.05, 0.1) is 24.2 Å². The number of carbonyl (C=O) groups is 2. The third-order valence-electron chi connectivity index (χ3n) is 9.09. The van der Waals surface area contributed by atoms with E-state index in [0.717, 1.165) is 38.1 Å². The molecule has 1 atom stereocenters. The van der Waals surface area contributed by atoms with Crippen LogP contribution in [0.25, 0.3) is 0 Å². The summed E-state index contributed by atoms with van der Waals surface area (Å²) >= 11 is 0. The number of benzene rings is 3. The summed E-state index contributed by atoms with van der Waals surface area (Å²) in [6.07, 6.45) is -7.05. The van der Waals surface area contributed by atoms with Crippen molar-refractivity contribution in [2.45, 2.75) is 50.6 Å². The van der Waals surface area contributed by atoms with Crippen molar-refractivity contribution in [2.24, 2.45) is 0 Å². The minimum absolute atomic E-state index is 0.0435. The van der Waals surface area contributed by atoms with Crippen LogP contribution in [0, 0.1) is 0 Å². The molecule has 1 N–H and O–H groups in total. The molecule has 0 aliphatic carbocycles. The number of hydrogen-bond donors (Lipinski definition) is 1. The Morgan fingerprint density at radius 1 is 0.875 bits per heavy atom. The average Bonchev–Trinajstić information content (AvgIpc) is 3.08. The molecule has 2 aliphatic rings. The van der Waals surface area contributed by atoms with Crippen molar-refractivity contribution in [1.82, 2.24) is 10.2 Å². The topological polar surface area (TPSA) is 77.1 Å². The van der Waals surface area contributed by atoms with E-state index in [2.05, 4.69) is 63.5 Å². The van der Waals surface area contributed by atoms with Crippen molar-refractivity contribution in [3.05, 3.63) is 124 Å². The Morgan fingerprint density at radius 3 is 1.98 bits per heavy atom. The van der Waals surface area contributed by atoms with Crippen LogP contribution in [0.4, 0.5) is 17.6 Å². The lowest BCUT2D eigenvalue weighted by Gasteiger charge is -2.43. The van der Waals surface area contributed by atoms with Gasteiger partial charge in [-0.1, -0.05) is 72.8 Å². The van der Waals surface area contributed by atoms with Gasteiger partial charge in [0.15, 0.2) is 0 Å². The maximum atomic E-state index is 13.7. The van der Waals surface area contributed by atoms with Gasteiger partial charge in [-0.25, -0.2) is 9.59 Å². The monoisotopic (exact) mass is 666 g/mol. The Morgan fingerprint density at radius 2 is 1.44 bits per heavy atom. The van der Waals surface area contributed by atoms with Gasteiger partial charge in [0.25, 0.3) is 0 Å². The molecule has 0 aromatic heterocycles. The molecule has 1 saturated heterocycles. The first-order valence-corrected chi connectivity index (χ1v) is 15.7. The molecule has 1 fully saturated rings. The molecular weight excluding hydrogens is 628 g/mol. The highest BCUT2D eigenvalue weighted by atomic mass is 19.3. The highest BCUT2D eigenvalue weighted by molar-refractivity contribution is 5.99. The number of ether oxygens (including phenoxy) is 3. The van der Waals surface area contributed by atoms with Crippen LogP contribution in [0.3, 0.4) is 0 Å². The summed E-state index contributed by atoms with van der Waals surface area (Å²) in [5, 5.41) is 3.02. The van der Waals surface area contributed by atoms with E-state index in [1.165, 1.54) is 30.4 Å². The minimum Gasteiger partial charge on any atom is -0.466 e. The van der Waals surface area contributed by atoms with Crippen molar-refractivity contribution >= 4 is 11.9 Å². The van der Waals surface area contributed by atoms with Gasteiger partial charge in [0.1, 0.15) is 12.4 Å². The van der Waals surface area contributed by atoms with Crippen LogP contribution in [0.1, 0.15) is 49.3 Å². The van der Waals surface area contributed by atoms with Crippen molar-refractivity contribution in [3.63, 3.8) is 0 Å². The third kappa shape index (κ3) is 7.26. The smallest absolute Gasteiger partial charge is 0.461 e. The molecule has 5 rings (SSSR count). The number of esters is 2. The number of halogens is 4. The summed E-state index contributed by atoms with van der Waals surface area (Å²) < 4.78 is 68.3. The average molecular weight is 667 g/mol. The predicted molar refractivity (Wildman–Crippen MR) is 172 cm³/mol. The van der Waals surface area contributed by atoms with Gasteiger partial charge < -0.3 is 19.5 Å². The number of rotatable bonds is 11. The molecule has 3 aromatic carbocycles.